The highest BCUT2D eigenvalue weighted by molar-refractivity contribution is 6.06. The minimum absolute atomic E-state index is 0.0685. The van der Waals surface area contributed by atoms with Crippen molar-refractivity contribution in [3.05, 3.63) is 65.7 Å². The summed E-state index contributed by atoms with van der Waals surface area (Å²) < 4.78 is 4.67. The molecule has 4 heteroatoms. The molecule has 0 bridgehead atoms. The van der Waals surface area contributed by atoms with Crippen LogP contribution in [0.15, 0.2) is 54.6 Å². The van der Waals surface area contributed by atoms with E-state index in [4.69, 9.17) is 0 Å². The lowest BCUT2D eigenvalue weighted by Crippen LogP contribution is -2.31. The third kappa shape index (κ3) is 4.19. The Morgan fingerprint density at radius 1 is 0.957 bits per heavy atom. The zero-order chi connectivity index (χ0) is 16.7. The minimum Gasteiger partial charge on any atom is -0.465 e. The number of ether oxygens (including phenoxy) is 1. The lowest BCUT2D eigenvalue weighted by molar-refractivity contribution is 0.0600. The maximum absolute atomic E-state index is 12.8. The summed E-state index contributed by atoms with van der Waals surface area (Å²) in [5.41, 5.74) is 1.87. The summed E-state index contributed by atoms with van der Waals surface area (Å²) in [6.45, 7) is 2.76. The molecule has 23 heavy (non-hydrogen) atoms. The van der Waals surface area contributed by atoms with Crippen molar-refractivity contribution in [3.8, 4) is 0 Å². The molecule has 2 rings (SSSR count). The SMILES string of the molecule is CCCCN(C(=O)c1ccc(C(=O)OC)cc1)c1ccccc1. The largest absolute Gasteiger partial charge is 0.465 e. The second-order valence-corrected chi connectivity index (χ2v) is 5.21. The van der Waals surface area contributed by atoms with Gasteiger partial charge in [-0.3, -0.25) is 4.79 Å². The molecule has 4 nitrogen and oxygen atoms in total. The first-order chi connectivity index (χ1) is 11.2. The highest BCUT2D eigenvalue weighted by Crippen LogP contribution is 2.18. The Morgan fingerprint density at radius 3 is 2.13 bits per heavy atom. The van der Waals surface area contributed by atoms with Crippen molar-refractivity contribution in [1.29, 1.82) is 0 Å². The van der Waals surface area contributed by atoms with E-state index >= 15 is 0 Å². The predicted octanol–water partition coefficient (Wildman–Crippen LogP) is 3.92. The maximum Gasteiger partial charge on any atom is 0.337 e. The number of carbonyl (C=O) groups is 2. The van der Waals surface area contributed by atoms with Gasteiger partial charge in [-0.05, 0) is 42.8 Å². The standard InChI is InChI=1S/C19H21NO3/c1-3-4-14-20(17-8-6-5-7-9-17)18(21)15-10-12-16(13-11-15)19(22)23-2/h5-13H,3-4,14H2,1-2H3. The van der Waals surface area contributed by atoms with E-state index < -0.39 is 5.97 Å². The fourth-order valence-electron chi connectivity index (χ4n) is 2.29. The number of methoxy groups -OCH3 is 1. The van der Waals surface area contributed by atoms with Crippen LogP contribution in [0.25, 0.3) is 0 Å². The molecule has 0 saturated carbocycles. The Kier molecular flexibility index (Phi) is 5.92. The summed E-state index contributed by atoms with van der Waals surface area (Å²) in [5.74, 6) is -0.476. The van der Waals surface area contributed by atoms with Crippen LogP contribution in [0.1, 0.15) is 40.5 Å². The van der Waals surface area contributed by atoms with Crippen LogP contribution >= 0.6 is 0 Å². The molecule has 2 aromatic carbocycles. The van der Waals surface area contributed by atoms with E-state index in [9.17, 15) is 9.59 Å². The molecule has 0 aliphatic heterocycles. The molecule has 0 aromatic heterocycles. The van der Waals surface area contributed by atoms with Crippen LogP contribution in [-0.2, 0) is 4.74 Å². The van der Waals surface area contributed by atoms with Gasteiger partial charge in [-0.15, -0.1) is 0 Å². The first-order valence-electron chi connectivity index (χ1n) is 7.72. The average Bonchev–Trinajstić information content (AvgIpc) is 2.62. The van der Waals surface area contributed by atoms with Gasteiger partial charge in [0.25, 0.3) is 5.91 Å². The third-order valence-corrected chi connectivity index (χ3v) is 3.60. The summed E-state index contributed by atoms with van der Waals surface area (Å²) >= 11 is 0. The summed E-state index contributed by atoms with van der Waals surface area (Å²) in [7, 11) is 1.34. The second kappa shape index (κ2) is 8.13. The van der Waals surface area contributed by atoms with Crippen LogP contribution in [0, 0.1) is 0 Å². The smallest absolute Gasteiger partial charge is 0.337 e. The molecule has 0 unspecified atom stereocenters. The Bertz CT molecular complexity index is 650. The van der Waals surface area contributed by atoms with Gasteiger partial charge in [-0.25, -0.2) is 4.79 Å². The second-order valence-electron chi connectivity index (χ2n) is 5.21. The lowest BCUT2D eigenvalue weighted by atomic mass is 10.1. The zero-order valence-electron chi connectivity index (χ0n) is 13.5. The van der Waals surface area contributed by atoms with Crippen LogP contribution in [0.2, 0.25) is 0 Å². The molecule has 120 valence electrons. The van der Waals surface area contributed by atoms with Gasteiger partial charge in [0.15, 0.2) is 0 Å². The normalized spacial score (nSPS) is 10.2. The number of esters is 1. The van der Waals surface area contributed by atoms with Crippen LogP contribution in [0.3, 0.4) is 0 Å². The summed E-state index contributed by atoms with van der Waals surface area (Å²) in [6, 6.07) is 16.2. The highest BCUT2D eigenvalue weighted by atomic mass is 16.5. The number of rotatable bonds is 6. The van der Waals surface area contributed by atoms with Gasteiger partial charge >= 0.3 is 5.97 Å². The molecular weight excluding hydrogens is 290 g/mol. The zero-order valence-corrected chi connectivity index (χ0v) is 13.5. The molecule has 0 N–H and O–H groups in total. The Labute approximate surface area is 136 Å². The number of carbonyl (C=O) groups excluding carboxylic acids is 2. The van der Waals surface area contributed by atoms with Crippen LogP contribution in [0.4, 0.5) is 5.69 Å². The van der Waals surface area contributed by atoms with E-state index in [-0.39, 0.29) is 5.91 Å². The number of hydrogen-bond acceptors (Lipinski definition) is 3. The molecule has 0 aliphatic carbocycles. The summed E-state index contributed by atoms with van der Waals surface area (Å²) in [4.78, 5) is 26.1. The van der Waals surface area contributed by atoms with Crippen LogP contribution in [-0.4, -0.2) is 25.5 Å². The maximum atomic E-state index is 12.8. The molecule has 0 atom stereocenters. The van der Waals surface area contributed by atoms with Crippen molar-refractivity contribution in [2.45, 2.75) is 19.8 Å². The quantitative estimate of drug-likeness (QED) is 0.760. The van der Waals surface area contributed by atoms with E-state index in [1.165, 1.54) is 7.11 Å². The summed E-state index contributed by atoms with van der Waals surface area (Å²) in [6.07, 6.45) is 1.94. The molecule has 0 radical (unpaired) electrons. The molecule has 0 spiro atoms. The molecular formula is C19H21NO3. The number of hydrogen-bond donors (Lipinski definition) is 0. The molecule has 1 amide bonds. The van der Waals surface area contributed by atoms with Crippen molar-refractivity contribution in [3.63, 3.8) is 0 Å². The van der Waals surface area contributed by atoms with E-state index in [0.717, 1.165) is 18.5 Å². The lowest BCUT2D eigenvalue weighted by Gasteiger charge is -2.23. The number of unbranched alkanes of at least 4 members (excludes halogenated alkanes) is 1. The van der Waals surface area contributed by atoms with E-state index in [1.54, 1.807) is 29.2 Å². The Balaban J connectivity index is 2.24. The van der Waals surface area contributed by atoms with Gasteiger partial charge < -0.3 is 9.64 Å². The molecule has 2 aromatic rings. The van der Waals surface area contributed by atoms with Gasteiger partial charge in [-0.1, -0.05) is 31.5 Å². The van der Waals surface area contributed by atoms with Gasteiger partial charge in [0.1, 0.15) is 0 Å². The fraction of sp³-hybridized carbons (Fsp3) is 0.263. The number of amides is 1. The van der Waals surface area contributed by atoms with Gasteiger partial charge in [0.05, 0.1) is 12.7 Å². The predicted molar refractivity (Wildman–Crippen MR) is 90.8 cm³/mol. The molecule has 0 aliphatic rings. The van der Waals surface area contributed by atoms with Crippen LogP contribution < -0.4 is 4.90 Å². The van der Waals surface area contributed by atoms with E-state index in [2.05, 4.69) is 11.7 Å². The molecule has 0 heterocycles. The van der Waals surface area contributed by atoms with Gasteiger partial charge in [0.2, 0.25) is 0 Å². The van der Waals surface area contributed by atoms with Crippen molar-refractivity contribution < 1.29 is 14.3 Å². The monoisotopic (exact) mass is 311 g/mol. The molecule has 0 saturated heterocycles. The Morgan fingerprint density at radius 2 is 1.57 bits per heavy atom. The van der Waals surface area contributed by atoms with Crippen molar-refractivity contribution >= 4 is 17.6 Å². The van der Waals surface area contributed by atoms with E-state index in [1.807, 2.05) is 30.3 Å². The fourth-order valence-corrected chi connectivity index (χ4v) is 2.29. The average molecular weight is 311 g/mol. The van der Waals surface area contributed by atoms with Crippen molar-refractivity contribution in [2.24, 2.45) is 0 Å². The third-order valence-electron chi connectivity index (χ3n) is 3.60. The van der Waals surface area contributed by atoms with Crippen molar-refractivity contribution in [2.75, 3.05) is 18.6 Å². The minimum atomic E-state index is -0.408. The van der Waals surface area contributed by atoms with Crippen molar-refractivity contribution in [1.82, 2.24) is 0 Å². The van der Waals surface area contributed by atoms with Crippen LogP contribution in [0.5, 0.6) is 0 Å². The first-order valence-corrected chi connectivity index (χ1v) is 7.72. The van der Waals surface area contributed by atoms with E-state index in [0.29, 0.717) is 17.7 Å². The van der Waals surface area contributed by atoms with Gasteiger partial charge in [-0.2, -0.15) is 0 Å². The number of nitrogens with zero attached hydrogens (tertiary/aromatic N) is 1. The number of anilines is 1. The number of para-hydroxylation sites is 1. The summed E-state index contributed by atoms with van der Waals surface area (Å²) in [5, 5.41) is 0. The first kappa shape index (κ1) is 16.7. The Hall–Kier alpha value is -2.62. The topological polar surface area (TPSA) is 46.6 Å². The number of benzene rings is 2. The highest BCUT2D eigenvalue weighted by Gasteiger charge is 2.17. The van der Waals surface area contributed by atoms with Gasteiger partial charge in [0, 0.05) is 17.8 Å². The molecule has 0 fully saturated rings.